The second kappa shape index (κ2) is 4.28. The molecule has 0 aromatic carbocycles. The topological polar surface area (TPSA) is 23.6 Å². The van der Waals surface area contributed by atoms with Crippen LogP contribution in [0.1, 0.15) is 19.8 Å². The molecule has 3 nitrogen and oxygen atoms in total. The molecule has 0 N–H and O–H groups in total. The van der Waals surface area contributed by atoms with Gasteiger partial charge in [-0.05, 0) is 19.8 Å². The minimum atomic E-state index is -4.31. The third-order valence-electron chi connectivity index (χ3n) is 2.38. The lowest BCUT2D eigenvalue weighted by atomic mass is 10.4. The highest BCUT2D eigenvalue weighted by atomic mass is 19.4. The van der Waals surface area contributed by atoms with Gasteiger partial charge in [0.15, 0.2) is 0 Å². The maximum absolute atomic E-state index is 12.2. The van der Waals surface area contributed by atoms with Gasteiger partial charge in [0, 0.05) is 19.6 Å². The highest BCUT2D eigenvalue weighted by Gasteiger charge is 2.41. The van der Waals surface area contributed by atoms with E-state index in [4.69, 9.17) is 0 Å². The molecule has 0 bridgehead atoms. The standard InChI is InChI=1S/C9H15F3N2O/c1-3-13(2)8(15)14(7-4-5-7)6-9(10,11)12/h7H,3-6H2,1-2H3. The molecule has 0 heterocycles. The molecule has 6 heteroatoms. The van der Waals surface area contributed by atoms with Crippen molar-refractivity contribution in [2.24, 2.45) is 0 Å². The van der Waals surface area contributed by atoms with Crippen molar-refractivity contribution in [3.05, 3.63) is 0 Å². The molecule has 15 heavy (non-hydrogen) atoms. The molecule has 1 saturated carbocycles. The Hall–Kier alpha value is -0.940. The van der Waals surface area contributed by atoms with E-state index in [-0.39, 0.29) is 6.04 Å². The van der Waals surface area contributed by atoms with Crippen LogP contribution in [-0.4, -0.2) is 48.2 Å². The number of halogens is 3. The first kappa shape index (κ1) is 12.1. The number of carbonyl (C=O) groups is 1. The molecule has 0 radical (unpaired) electrons. The van der Waals surface area contributed by atoms with Gasteiger partial charge in [-0.15, -0.1) is 0 Å². The van der Waals surface area contributed by atoms with Crippen molar-refractivity contribution in [3.8, 4) is 0 Å². The van der Waals surface area contributed by atoms with E-state index in [0.29, 0.717) is 19.4 Å². The molecule has 0 aromatic heterocycles. The van der Waals surface area contributed by atoms with Crippen LogP contribution in [0.5, 0.6) is 0 Å². The predicted molar refractivity (Wildman–Crippen MR) is 49.5 cm³/mol. The SMILES string of the molecule is CCN(C)C(=O)N(CC(F)(F)F)C1CC1. The predicted octanol–water partition coefficient (Wildman–Crippen LogP) is 2.08. The molecule has 0 spiro atoms. The Labute approximate surface area is 86.8 Å². The third kappa shape index (κ3) is 3.60. The van der Waals surface area contributed by atoms with E-state index in [1.54, 1.807) is 6.92 Å². The Morgan fingerprint density at radius 1 is 1.40 bits per heavy atom. The summed E-state index contributed by atoms with van der Waals surface area (Å²) in [7, 11) is 1.51. The Morgan fingerprint density at radius 2 is 1.93 bits per heavy atom. The zero-order valence-electron chi connectivity index (χ0n) is 8.84. The van der Waals surface area contributed by atoms with Crippen LogP contribution in [0.3, 0.4) is 0 Å². The van der Waals surface area contributed by atoms with Gasteiger partial charge in [0.05, 0.1) is 0 Å². The number of hydrogen-bond acceptors (Lipinski definition) is 1. The van der Waals surface area contributed by atoms with Gasteiger partial charge in [-0.2, -0.15) is 13.2 Å². The summed E-state index contributed by atoms with van der Waals surface area (Å²) in [6.45, 7) is 1.01. The fourth-order valence-electron chi connectivity index (χ4n) is 1.29. The van der Waals surface area contributed by atoms with Crippen LogP contribution in [-0.2, 0) is 0 Å². The lowest BCUT2D eigenvalue weighted by molar-refractivity contribution is -0.141. The number of amides is 2. The first-order valence-corrected chi connectivity index (χ1v) is 4.93. The molecule has 0 saturated heterocycles. The van der Waals surface area contributed by atoms with E-state index in [1.807, 2.05) is 0 Å². The van der Waals surface area contributed by atoms with Crippen molar-refractivity contribution in [1.29, 1.82) is 0 Å². The van der Waals surface area contributed by atoms with Crippen molar-refractivity contribution in [1.82, 2.24) is 9.80 Å². The lowest BCUT2D eigenvalue weighted by Gasteiger charge is -2.28. The largest absolute Gasteiger partial charge is 0.406 e. The first-order valence-electron chi connectivity index (χ1n) is 4.93. The average molecular weight is 224 g/mol. The summed E-state index contributed by atoms with van der Waals surface area (Å²) >= 11 is 0. The summed E-state index contributed by atoms with van der Waals surface area (Å²) in [6, 6.07) is -0.745. The fourth-order valence-corrected chi connectivity index (χ4v) is 1.29. The maximum atomic E-state index is 12.2. The van der Waals surface area contributed by atoms with Gasteiger partial charge in [-0.25, -0.2) is 4.79 Å². The van der Waals surface area contributed by atoms with E-state index in [2.05, 4.69) is 0 Å². The summed E-state index contributed by atoms with van der Waals surface area (Å²) in [5.41, 5.74) is 0. The van der Waals surface area contributed by atoms with E-state index >= 15 is 0 Å². The second-order valence-corrected chi connectivity index (χ2v) is 3.77. The zero-order chi connectivity index (χ0) is 11.6. The number of hydrogen-bond donors (Lipinski definition) is 0. The van der Waals surface area contributed by atoms with Crippen molar-refractivity contribution >= 4 is 6.03 Å². The monoisotopic (exact) mass is 224 g/mol. The summed E-state index contributed by atoms with van der Waals surface area (Å²) in [4.78, 5) is 13.8. The van der Waals surface area contributed by atoms with Crippen LogP contribution in [0.4, 0.5) is 18.0 Å². The molecule has 1 rings (SSSR count). The quantitative estimate of drug-likeness (QED) is 0.720. The van der Waals surface area contributed by atoms with Gasteiger partial charge in [0.1, 0.15) is 6.54 Å². The average Bonchev–Trinajstić information content (AvgIpc) is 2.93. The maximum Gasteiger partial charge on any atom is 0.406 e. The van der Waals surface area contributed by atoms with E-state index in [9.17, 15) is 18.0 Å². The first-order chi connectivity index (χ1) is 6.85. The van der Waals surface area contributed by atoms with Gasteiger partial charge >= 0.3 is 12.2 Å². The van der Waals surface area contributed by atoms with Crippen LogP contribution in [0.15, 0.2) is 0 Å². The molecule has 1 aliphatic carbocycles. The van der Waals surface area contributed by atoms with Crippen molar-refractivity contribution in [3.63, 3.8) is 0 Å². The Morgan fingerprint density at radius 3 is 2.27 bits per heavy atom. The Kier molecular flexibility index (Phi) is 3.46. The number of carbonyl (C=O) groups excluding carboxylic acids is 1. The van der Waals surface area contributed by atoms with Crippen LogP contribution in [0, 0.1) is 0 Å². The molecule has 1 aliphatic rings. The van der Waals surface area contributed by atoms with Crippen LogP contribution in [0.25, 0.3) is 0 Å². The summed E-state index contributed by atoms with van der Waals surface area (Å²) < 4.78 is 36.6. The minimum absolute atomic E-state index is 0.215. The van der Waals surface area contributed by atoms with E-state index in [1.165, 1.54) is 11.9 Å². The number of rotatable bonds is 3. The zero-order valence-corrected chi connectivity index (χ0v) is 8.84. The molecular weight excluding hydrogens is 209 g/mol. The van der Waals surface area contributed by atoms with Gasteiger partial charge < -0.3 is 9.80 Å². The molecule has 0 aliphatic heterocycles. The minimum Gasteiger partial charge on any atom is -0.328 e. The smallest absolute Gasteiger partial charge is 0.328 e. The summed E-state index contributed by atoms with van der Waals surface area (Å²) in [6.07, 6.45) is -2.95. The third-order valence-corrected chi connectivity index (χ3v) is 2.38. The van der Waals surface area contributed by atoms with Gasteiger partial charge in [0.25, 0.3) is 0 Å². The van der Waals surface area contributed by atoms with Crippen LogP contribution >= 0.6 is 0 Å². The molecular formula is C9H15F3N2O. The van der Waals surface area contributed by atoms with Gasteiger partial charge in [-0.3, -0.25) is 0 Å². The molecule has 88 valence electrons. The molecule has 1 fully saturated rings. The molecule has 0 atom stereocenters. The van der Waals surface area contributed by atoms with Crippen molar-refractivity contribution in [2.45, 2.75) is 32.0 Å². The number of urea groups is 1. The highest BCUT2D eigenvalue weighted by molar-refractivity contribution is 5.74. The lowest BCUT2D eigenvalue weighted by Crippen LogP contribution is -2.46. The number of alkyl halides is 3. The van der Waals surface area contributed by atoms with Crippen molar-refractivity contribution in [2.75, 3.05) is 20.1 Å². The molecule has 0 aromatic rings. The summed E-state index contributed by atoms with van der Waals surface area (Å²) in [5.74, 6) is 0. The summed E-state index contributed by atoms with van der Waals surface area (Å²) in [5, 5.41) is 0. The van der Waals surface area contributed by atoms with Gasteiger partial charge in [0.2, 0.25) is 0 Å². The van der Waals surface area contributed by atoms with Crippen LogP contribution in [0.2, 0.25) is 0 Å². The number of nitrogens with zero attached hydrogens (tertiary/aromatic N) is 2. The van der Waals surface area contributed by atoms with Gasteiger partial charge in [-0.1, -0.05) is 0 Å². The Balaban J connectivity index is 2.61. The fraction of sp³-hybridized carbons (Fsp3) is 0.889. The van der Waals surface area contributed by atoms with Crippen molar-refractivity contribution < 1.29 is 18.0 Å². The highest BCUT2D eigenvalue weighted by Crippen LogP contribution is 2.30. The molecule has 2 amide bonds. The molecule has 0 unspecified atom stereocenters. The second-order valence-electron chi connectivity index (χ2n) is 3.77. The van der Waals surface area contributed by atoms with E-state index in [0.717, 1.165) is 4.90 Å². The Bertz CT molecular complexity index is 238. The normalized spacial score (nSPS) is 16.3. The van der Waals surface area contributed by atoms with Crippen LogP contribution < -0.4 is 0 Å². The van der Waals surface area contributed by atoms with E-state index < -0.39 is 18.8 Å².